The SMILES string of the molecule is CCOc1ccc(NC(=O)C2(C)CCCCN2)cc1. The molecule has 1 aliphatic heterocycles. The predicted molar refractivity (Wildman–Crippen MR) is 76.5 cm³/mol. The molecular weight excluding hydrogens is 240 g/mol. The van der Waals surface area contributed by atoms with Crippen LogP contribution in [0.4, 0.5) is 5.69 Å². The number of ether oxygens (including phenoxy) is 1. The van der Waals surface area contributed by atoms with Crippen molar-refractivity contribution in [3.63, 3.8) is 0 Å². The van der Waals surface area contributed by atoms with Crippen molar-refractivity contribution in [1.82, 2.24) is 5.32 Å². The van der Waals surface area contributed by atoms with Gasteiger partial charge in [0, 0.05) is 5.69 Å². The van der Waals surface area contributed by atoms with Crippen LogP contribution in [0.1, 0.15) is 33.1 Å². The standard InChI is InChI=1S/C15H22N2O2/c1-3-19-13-8-6-12(7-9-13)17-14(18)15(2)10-4-5-11-16-15/h6-9,16H,3-5,10-11H2,1-2H3,(H,17,18). The van der Waals surface area contributed by atoms with Gasteiger partial charge < -0.3 is 15.4 Å². The Labute approximate surface area is 114 Å². The highest BCUT2D eigenvalue weighted by molar-refractivity contribution is 5.97. The van der Waals surface area contributed by atoms with Gasteiger partial charge in [-0.2, -0.15) is 0 Å². The van der Waals surface area contributed by atoms with E-state index in [9.17, 15) is 4.79 Å². The Morgan fingerprint density at radius 2 is 2.11 bits per heavy atom. The second-order valence-corrected chi connectivity index (χ2v) is 5.13. The minimum Gasteiger partial charge on any atom is -0.494 e. The second kappa shape index (κ2) is 6.06. The van der Waals surface area contributed by atoms with Crippen molar-refractivity contribution >= 4 is 11.6 Å². The van der Waals surface area contributed by atoms with E-state index in [4.69, 9.17) is 4.74 Å². The molecule has 1 aromatic rings. The van der Waals surface area contributed by atoms with E-state index in [1.165, 1.54) is 0 Å². The molecule has 4 nitrogen and oxygen atoms in total. The summed E-state index contributed by atoms with van der Waals surface area (Å²) in [6.45, 7) is 5.47. The fraction of sp³-hybridized carbons (Fsp3) is 0.533. The van der Waals surface area contributed by atoms with Gasteiger partial charge in [0.05, 0.1) is 12.1 Å². The van der Waals surface area contributed by atoms with Crippen molar-refractivity contribution < 1.29 is 9.53 Å². The number of anilines is 1. The van der Waals surface area contributed by atoms with Crippen LogP contribution in [0.2, 0.25) is 0 Å². The molecule has 1 unspecified atom stereocenters. The first-order chi connectivity index (χ1) is 9.14. The molecule has 0 aromatic heterocycles. The molecule has 4 heteroatoms. The number of piperidine rings is 1. The maximum absolute atomic E-state index is 12.3. The lowest BCUT2D eigenvalue weighted by atomic mass is 9.90. The topological polar surface area (TPSA) is 50.4 Å². The molecule has 2 N–H and O–H groups in total. The first kappa shape index (κ1) is 13.9. The van der Waals surface area contributed by atoms with E-state index in [0.717, 1.165) is 37.2 Å². The Balaban J connectivity index is 1.98. The zero-order valence-electron chi connectivity index (χ0n) is 11.7. The second-order valence-electron chi connectivity index (χ2n) is 5.13. The summed E-state index contributed by atoms with van der Waals surface area (Å²) in [7, 11) is 0. The molecule has 0 saturated carbocycles. The molecule has 2 rings (SSSR count). The summed E-state index contributed by atoms with van der Waals surface area (Å²) in [5.41, 5.74) is 0.360. The van der Waals surface area contributed by atoms with E-state index in [1.807, 2.05) is 38.1 Å². The summed E-state index contributed by atoms with van der Waals surface area (Å²) in [4.78, 5) is 12.3. The van der Waals surface area contributed by atoms with Crippen LogP contribution in [0, 0.1) is 0 Å². The van der Waals surface area contributed by atoms with Crippen molar-refractivity contribution in [3.05, 3.63) is 24.3 Å². The van der Waals surface area contributed by atoms with E-state index in [0.29, 0.717) is 6.61 Å². The predicted octanol–water partition coefficient (Wildman–Crippen LogP) is 2.56. The minimum absolute atomic E-state index is 0.0383. The van der Waals surface area contributed by atoms with Gasteiger partial charge in [-0.3, -0.25) is 4.79 Å². The van der Waals surface area contributed by atoms with Crippen molar-refractivity contribution in [2.24, 2.45) is 0 Å². The summed E-state index contributed by atoms with van der Waals surface area (Å²) in [5, 5.41) is 6.27. The van der Waals surface area contributed by atoms with Crippen LogP contribution >= 0.6 is 0 Å². The van der Waals surface area contributed by atoms with Crippen LogP contribution in [-0.2, 0) is 4.79 Å². The third kappa shape index (κ3) is 3.47. The largest absolute Gasteiger partial charge is 0.494 e. The highest BCUT2D eigenvalue weighted by Gasteiger charge is 2.34. The molecule has 1 aliphatic rings. The number of benzene rings is 1. The van der Waals surface area contributed by atoms with E-state index in [2.05, 4.69) is 10.6 Å². The number of hydrogen-bond acceptors (Lipinski definition) is 3. The monoisotopic (exact) mass is 262 g/mol. The molecule has 1 atom stereocenters. The lowest BCUT2D eigenvalue weighted by molar-refractivity contribution is -0.122. The summed E-state index contributed by atoms with van der Waals surface area (Å²) in [6, 6.07) is 7.48. The van der Waals surface area contributed by atoms with Crippen molar-refractivity contribution in [2.45, 2.75) is 38.6 Å². The van der Waals surface area contributed by atoms with Crippen LogP contribution in [0.3, 0.4) is 0 Å². The quantitative estimate of drug-likeness (QED) is 0.876. The molecule has 0 radical (unpaired) electrons. The Kier molecular flexibility index (Phi) is 4.43. The van der Waals surface area contributed by atoms with Gasteiger partial charge in [0.15, 0.2) is 0 Å². The number of amides is 1. The maximum atomic E-state index is 12.3. The lowest BCUT2D eigenvalue weighted by Gasteiger charge is -2.33. The summed E-state index contributed by atoms with van der Waals surface area (Å²) in [6.07, 6.45) is 3.13. The molecule has 0 spiro atoms. The first-order valence-corrected chi connectivity index (χ1v) is 6.93. The van der Waals surface area contributed by atoms with Crippen LogP contribution in [0.15, 0.2) is 24.3 Å². The van der Waals surface area contributed by atoms with Gasteiger partial charge >= 0.3 is 0 Å². The van der Waals surface area contributed by atoms with Gasteiger partial charge in [0.2, 0.25) is 5.91 Å². The third-order valence-corrected chi connectivity index (χ3v) is 3.54. The Morgan fingerprint density at radius 3 is 2.68 bits per heavy atom. The fourth-order valence-corrected chi connectivity index (χ4v) is 2.32. The molecule has 0 bridgehead atoms. The smallest absolute Gasteiger partial charge is 0.244 e. The first-order valence-electron chi connectivity index (χ1n) is 6.93. The van der Waals surface area contributed by atoms with Gasteiger partial charge in [-0.25, -0.2) is 0 Å². The molecule has 1 aromatic carbocycles. The van der Waals surface area contributed by atoms with Crippen LogP contribution in [0.5, 0.6) is 5.75 Å². The molecule has 1 fully saturated rings. The van der Waals surface area contributed by atoms with Crippen LogP contribution < -0.4 is 15.4 Å². The number of carbonyl (C=O) groups excluding carboxylic acids is 1. The highest BCUT2D eigenvalue weighted by atomic mass is 16.5. The molecule has 1 heterocycles. The van der Waals surface area contributed by atoms with Crippen LogP contribution in [0.25, 0.3) is 0 Å². The molecule has 1 amide bonds. The van der Waals surface area contributed by atoms with Gasteiger partial charge in [0.25, 0.3) is 0 Å². The van der Waals surface area contributed by atoms with E-state index >= 15 is 0 Å². The van der Waals surface area contributed by atoms with Crippen molar-refractivity contribution in [3.8, 4) is 5.75 Å². The molecule has 1 saturated heterocycles. The van der Waals surface area contributed by atoms with Crippen LogP contribution in [-0.4, -0.2) is 24.6 Å². The van der Waals surface area contributed by atoms with Gasteiger partial charge in [-0.05, 0) is 63.9 Å². The lowest BCUT2D eigenvalue weighted by Crippen LogP contribution is -2.54. The summed E-state index contributed by atoms with van der Waals surface area (Å²) < 4.78 is 5.38. The van der Waals surface area contributed by atoms with Gasteiger partial charge in [0.1, 0.15) is 5.75 Å². The molecule has 104 valence electrons. The maximum Gasteiger partial charge on any atom is 0.244 e. The zero-order valence-corrected chi connectivity index (χ0v) is 11.7. The van der Waals surface area contributed by atoms with E-state index in [-0.39, 0.29) is 5.91 Å². The Morgan fingerprint density at radius 1 is 1.37 bits per heavy atom. The van der Waals surface area contributed by atoms with E-state index < -0.39 is 5.54 Å². The number of hydrogen-bond donors (Lipinski definition) is 2. The number of rotatable bonds is 4. The Bertz CT molecular complexity index is 422. The van der Waals surface area contributed by atoms with E-state index in [1.54, 1.807) is 0 Å². The fourth-order valence-electron chi connectivity index (χ4n) is 2.32. The normalized spacial score (nSPS) is 22.8. The number of carbonyl (C=O) groups is 1. The average molecular weight is 262 g/mol. The third-order valence-electron chi connectivity index (χ3n) is 3.54. The Hall–Kier alpha value is -1.55. The molecular formula is C15H22N2O2. The molecule has 0 aliphatic carbocycles. The average Bonchev–Trinajstić information content (AvgIpc) is 2.42. The highest BCUT2D eigenvalue weighted by Crippen LogP contribution is 2.22. The minimum atomic E-state index is -0.448. The zero-order chi connectivity index (χ0) is 13.7. The number of nitrogens with one attached hydrogen (secondary N) is 2. The van der Waals surface area contributed by atoms with Gasteiger partial charge in [-0.1, -0.05) is 0 Å². The summed E-state index contributed by atoms with van der Waals surface area (Å²) in [5.74, 6) is 0.860. The van der Waals surface area contributed by atoms with Gasteiger partial charge in [-0.15, -0.1) is 0 Å². The summed E-state index contributed by atoms with van der Waals surface area (Å²) >= 11 is 0. The van der Waals surface area contributed by atoms with Crippen molar-refractivity contribution in [1.29, 1.82) is 0 Å². The van der Waals surface area contributed by atoms with Crippen molar-refractivity contribution in [2.75, 3.05) is 18.5 Å². The molecule has 19 heavy (non-hydrogen) atoms.